The lowest BCUT2D eigenvalue weighted by Gasteiger charge is -2.29. The maximum Gasteiger partial charge on any atom is 0.291 e. The Bertz CT molecular complexity index is 1250. The zero-order valence-corrected chi connectivity index (χ0v) is 20.2. The van der Waals surface area contributed by atoms with Gasteiger partial charge in [0.05, 0.1) is 18.7 Å². The van der Waals surface area contributed by atoms with Crippen molar-refractivity contribution >= 4 is 28.8 Å². The van der Waals surface area contributed by atoms with Gasteiger partial charge in [-0.3, -0.25) is 19.3 Å². The number of carbonyl (C=O) groups excluding carboxylic acids is 3. The first-order valence-electron chi connectivity index (χ1n) is 11.5. The Labute approximate surface area is 212 Å². The SMILES string of the molecule is O=C1c2cc(OCc3ccccc3)ccc2OCN1CCOC1SC(=O)N(Cc2ccccc2)C1=O. The Morgan fingerprint density at radius 1 is 0.917 bits per heavy atom. The van der Waals surface area contributed by atoms with Crippen molar-refractivity contribution in [3.63, 3.8) is 0 Å². The summed E-state index contributed by atoms with van der Waals surface area (Å²) in [6.07, 6.45) is 0. The summed E-state index contributed by atoms with van der Waals surface area (Å²) in [5.41, 5.74) is 1.37. The molecule has 0 saturated carbocycles. The van der Waals surface area contributed by atoms with E-state index in [0.717, 1.165) is 22.9 Å². The fourth-order valence-electron chi connectivity index (χ4n) is 3.88. The summed E-state index contributed by atoms with van der Waals surface area (Å²) in [4.78, 5) is 40.7. The number of nitrogens with zero attached hydrogens (tertiary/aromatic N) is 2. The van der Waals surface area contributed by atoms with E-state index in [1.807, 2.05) is 60.7 Å². The van der Waals surface area contributed by atoms with E-state index in [4.69, 9.17) is 14.2 Å². The quantitative estimate of drug-likeness (QED) is 0.430. The molecule has 1 fully saturated rings. The first-order chi connectivity index (χ1) is 17.6. The van der Waals surface area contributed by atoms with Crippen molar-refractivity contribution in [2.24, 2.45) is 0 Å². The van der Waals surface area contributed by atoms with Gasteiger partial charge in [0.25, 0.3) is 17.1 Å². The highest BCUT2D eigenvalue weighted by Crippen LogP contribution is 2.31. The highest BCUT2D eigenvalue weighted by Gasteiger charge is 2.40. The molecule has 2 aliphatic heterocycles. The van der Waals surface area contributed by atoms with Gasteiger partial charge in [0, 0.05) is 6.54 Å². The molecule has 3 amide bonds. The highest BCUT2D eigenvalue weighted by atomic mass is 32.2. The Morgan fingerprint density at radius 2 is 1.64 bits per heavy atom. The van der Waals surface area contributed by atoms with E-state index < -0.39 is 5.44 Å². The second-order valence-corrected chi connectivity index (χ2v) is 9.28. The minimum Gasteiger partial charge on any atom is -0.489 e. The van der Waals surface area contributed by atoms with Gasteiger partial charge < -0.3 is 19.1 Å². The number of rotatable bonds is 9. The summed E-state index contributed by atoms with van der Waals surface area (Å²) < 4.78 is 17.2. The van der Waals surface area contributed by atoms with Gasteiger partial charge in [-0.15, -0.1) is 0 Å². The predicted octanol–water partition coefficient (Wildman–Crippen LogP) is 4.30. The number of hydrogen-bond acceptors (Lipinski definition) is 7. The number of benzene rings is 3. The molecule has 0 aliphatic carbocycles. The van der Waals surface area contributed by atoms with Crippen LogP contribution in [-0.4, -0.2) is 52.2 Å². The number of imide groups is 1. The molecule has 9 heteroatoms. The van der Waals surface area contributed by atoms with Crippen molar-refractivity contribution < 1.29 is 28.6 Å². The van der Waals surface area contributed by atoms with Crippen LogP contribution in [0.1, 0.15) is 21.5 Å². The molecule has 3 aromatic carbocycles. The minimum absolute atomic E-state index is 0.0736. The Hall–Kier alpha value is -3.82. The van der Waals surface area contributed by atoms with E-state index in [1.54, 1.807) is 18.2 Å². The second kappa shape index (κ2) is 10.8. The summed E-state index contributed by atoms with van der Waals surface area (Å²) in [5, 5.41) is -0.344. The van der Waals surface area contributed by atoms with Crippen molar-refractivity contribution in [2.75, 3.05) is 19.9 Å². The molecule has 0 radical (unpaired) electrons. The van der Waals surface area contributed by atoms with Gasteiger partial charge in [0.15, 0.2) is 12.2 Å². The summed E-state index contributed by atoms with van der Waals surface area (Å²) in [6.45, 7) is 0.966. The number of thioether (sulfide) groups is 1. The first-order valence-corrected chi connectivity index (χ1v) is 12.4. The molecule has 3 aromatic rings. The van der Waals surface area contributed by atoms with Crippen LogP contribution in [-0.2, 0) is 22.7 Å². The molecule has 0 bridgehead atoms. The fourth-order valence-corrected chi connectivity index (χ4v) is 4.74. The van der Waals surface area contributed by atoms with Crippen LogP contribution in [0.3, 0.4) is 0 Å². The van der Waals surface area contributed by atoms with Gasteiger partial charge in [-0.05, 0) is 41.1 Å². The third kappa shape index (κ3) is 5.37. The number of ether oxygens (including phenoxy) is 3. The van der Waals surface area contributed by atoms with E-state index in [-0.39, 0.29) is 43.5 Å². The topological polar surface area (TPSA) is 85.4 Å². The van der Waals surface area contributed by atoms with E-state index >= 15 is 0 Å². The molecule has 1 unspecified atom stereocenters. The number of hydrogen-bond donors (Lipinski definition) is 0. The van der Waals surface area contributed by atoms with Crippen LogP contribution in [0, 0.1) is 0 Å². The third-order valence-corrected chi connectivity index (χ3v) is 6.78. The molecular formula is C27H24N2O6S. The predicted molar refractivity (Wildman–Crippen MR) is 133 cm³/mol. The van der Waals surface area contributed by atoms with Crippen molar-refractivity contribution in [1.82, 2.24) is 9.80 Å². The minimum atomic E-state index is -0.924. The molecule has 1 saturated heterocycles. The van der Waals surface area contributed by atoms with Gasteiger partial charge >= 0.3 is 0 Å². The Morgan fingerprint density at radius 3 is 2.39 bits per heavy atom. The standard InChI is InChI=1S/C27H24N2O6S/c30-24-22-15-21(34-17-20-9-5-2-6-10-20)11-12-23(22)35-18-28(24)13-14-33-26-25(31)29(27(32)36-26)16-19-7-3-1-4-8-19/h1-12,15,26H,13-14,16-18H2. The van der Waals surface area contributed by atoms with Crippen LogP contribution in [0.15, 0.2) is 78.9 Å². The monoisotopic (exact) mass is 504 g/mol. The van der Waals surface area contributed by atoms with Gasteiger partial charge in [-0.25, -0.2) is 0 Å². The summed E-state index contributed by atoms with van der Waals surface area (Å²) in [7, 11) is 0. The van der Waals surface area contributed by atoms with E-state index in [1.165, 1.54) is 9.80 Å². The van der Waals surface area contributed by atoms with Gasteiger partial charge in [0.2, 0.25) is 0 Å². The number of amides is 3. The zero-order chi connectivity index (χ0) is 24.9. The maximum absolute atomic E-state index is 13.0. The second-order valence-electron chi connectivity index (χ2n) is 8.27. The Balaban J connectivity index is 1.14. The molecule has 184 valence electrons. The summed E-state index contributed by atoms with van der Waals surface area (Å²) in [6, 6.07) is 24.2. The lowest BCUT2D eigenvalue weighted by atomic mass is 10.1. The van der Waals surface area contributed by atoms with Crippen LogP contribution < -0.4 is 9.47 Å². The van der Waals surface area contributed by atoms with Crippen molar-refractivity contribution in [1.29, 1.82) is 0 Å². The third-order valence-electron chi connectivity index (χ3n) is 5.80. The van der Waals surface area contributed by atoms with E-state index in [9.17, 15) is 14.4 Å². The Kier molecular flexibility index (Phi) is 7.20. The molecule has 36 heavy (non-hydrogen) atoms. The van der Waals surface area contributed by atoms with Crippen LogP contribution >= 0.6 is 11.8 Å². The fraction of sp³-hybridized carbons (Fsp3) is 0.222. The molecule has 8 nitrogen and oxygen atoms in total. The van der Waals surface area contributed by atoms with Crippen LogP contribution in [0.4, 0.5) is 4.79 Å². The molecule has 0 aromatic heterocycles. The van der Waals surface area contributed by atoms with Crippen molar-refractivity contribution in [3.8, 4) is 11.5 Å². The van der Waals surface area contributed by atoms with Gasteiger partial charge in [-0.1, -0.05) is 60.7 Å². The largest absolute Gasteiger partial charge is 0.489 e. The van der Waals surface area contributed by atoms with E-state index in [0.29, 0.717) is 23.7 Å². The van der Waals surface area contributed by atoms with Crippen molar-refractivity contribution in [2.45, 2.75) is 18.6 Å². The number of fused-ring (bicyclic) bond motifs is 1. The molecule has 2 heterocycles. The zero-order valence-electron chi connectivity index (χ0n) is 19.4. The summed E-state index contributed by atoms with van der Waals surface area (Å²) >= 11 is 0.847. The van der Waals surface area contributed by atoms with Crippen LogP contribution in [0.25, 0.3) is 0 Å². The molecule has 2 aliphatic rings. The lowest BCUT2D eigenvalue weighted by Crippen LogP contribution is -2.41. The van der Waals surface area contributed by atoms with Crippen LogP contribution in [0.2, 0.25) is 0 Å². The number of carbonyl (C=O) groups is 3. The molecular weight excluding hydrogens is 480 g/mol. The molecule has 1 atom stereocenters. The maximum atomic E-state index is 13.0. The van der Waals surface area contributed by atoms with Crippen LogP contribution in [0.5, 0.6) is 11.5 Å². The normalized spacial score (nSPS) is 17.2. The molecule has 5 rings (SSSR count). The molecule has 0 N–H and O–H groups in total. The van der Waals surface area contributed by atoms with Gasteiger partial charge in [-0.2, -0.15) is 0 Å². The average Bonchev–Trinajstić information content (AvgIpc) is 3.17. The van der Waals surface area contributed by atoms with Gasteiger partial charge in [0.1, 0.15) is 18.1 Å². The molecule has 0 spiro atoms. The average molecular weight is 505 g/mol. The summed E-state index contributed by atoms with van der Waals surface area (Å²) in [5.74, 6) is 0.461. The lowest BCUT2D eigenvalue weighted by molar-refractivity contribution is -0.134. The van der Waals surface area contributed by atoms with Crippen molar-refractivity contribution in [3.05, 3.63) is 95.6 Å². The smallest absolute Gasteiger partial charge is 0.291 e. The van der Waals surface area contributed by atoms with E-state index in [2.05, 4.69) is 0 Å². The first kappa shape index (κ1) is 23.9. The highest BCUT2D eigenvalue weighted by molar-refractivity contribution is 8.15.